The maximum Gasteiger partial charge on any atom is 0.360 e. The maximum absolute atomic E-state index is 13.1. The van der Waals surface area contributed by atoms with E-state index in [1.807, 2.05) is 0 Å². The fraction of sp³-hybridized carbons (Fsp3) is 0.167. The number of carbonyl (C=O) groups excluding carboxylic acids is 3. The first-order valence-corrected chi connectivity index (χ1v) is 10.1. The number of methoxy groups -OCH3 is 1. The zero-order chi connectivity index (χ0) is 23.5. The monoisotopic (exact) mass is 448 g/mol. The van der Waals surface area contributed by atoms with Gasteiger partial charge in [0.05, 0.1) is 25.3 Å². The van der Waals surface area contributed by atoms with Gasteiger partial charge in [0.1, 0.15) is 17.8 Å². The molecule has 1 aliphatic rings. The van der Waals surface area contributed by atoms with E-state index < -0.39 is 23.7 Å². The first kappa shape index (κ1) is 21.8. The number of hydrogen-bond donors (Lipinski definition) is 1. The number of Topliss-reactive ketones (excluding diaryl/α,β-unsaturated/α-hetero) is 1. The second-order valence-corrected chi connectivity index (χ2v) is 7.04. The zero-order valence-corrected chi connectivity index (χ0v) is 17.8. The van der Waals surface area contributed by atoms with Crippen molar-refractivity contribution in [2.45, 2.75) is 13.0 Å². The number of aliphatic hydroxyl groups is 1. The van der Waals surface area contributed by atoms with E-state index in [9.17, 15) is 19.5 Å². The minimum atomic E-state index is -1.03. The van der Waals surface area contributed by atoms with E-state index in [-0.39, 0.29) is 29.6 Å². The minimum Gasteiger partial charge on any atom is -0.507 e. The van der Waals surface area contributed by atoms with Crippen molar-refractivity contribution in [3.05, 3.63) is 83.3 Å². The van der Waals surface area contributed by atoms with E-state index >= 15 is 0 Å². The lowest BCUT2D eigenvalue weighted by Gasteiger charge is -2.21. The molecular formula is C24H20N2O7. The first-order valence-electron chi connectivity index (χ1n) is 10.1. The van der Waals surface area contributed by atoms with Crippen LogP contribution in [0.25, 0.3) is 5.76 Å². The Morgan fingerprint density at radius 3 is 2.45 bits per heavy atom. The predicted octanol–water partition coefficient (Wildman–Crippen LogP) is 3.49. The van der Waals surface area contributed by atoms with Gasteiger partial charge in [-0.25, -0.2) is 9.69 Å². The second kappa shape index (κ2) is 8.99. The van der Waals surface area contributed by atoms with E-state index in [0.717, 1.165) is 11.2 Å². The highest BCUT2D eigenvalue weighted by Crippen LogP contribution is 2.41. The summed E-state index contributed by atoms with van der Waals surface area (Å²) in [5, 5.41) is 11.0. The molecular weight excluding hydrogens is 428 g/mol. The van der Waals surface area contributed by atoms with Gasteiger partial charge < -0.3 is 19.0 Å². The Morgan fingerprint density at radius 2 is 1.82 bits per heavy atom. The standard InChI is InChI=1S/C24H20N2O7/c1-3-32-23(30)17-13-33-24(25-17)26-19(14-7-5-4-6-8-14)18(21(28)22(26)29)20(27)15-9-11-16(31-2)12-10-15/h4-13,19,27H,3H2,1-2H3/b20-18-. The van der Waals surface area contributed by atoms with Crippen LogP contribution in [0.3, 0.4) is 0 Å². The van der Waals surface area contributed by atoms with E-state index in [1.165, 1.54) is 7.11 Å². The smallest absolute Gasteiger partial charge is 0.360 e. The molecule has 0 spiro atoms. The SMILES string of the molecule is CCOC(=O)c1coc(N2C(=O)C(=O)/C(=C(\O)c3ccc(OC)cc3)C2c2ccccc2)n1. The number of rotatable bonds is 6. The fourth-order valence-electron chi connectivity index (χ4n) is 3.56. The number of benzene rings is 2. The van der Waals surface area contributed by atoms with E-state index in [0.29, 0.717) is 16.9 Å². The first-order chi connectivity index (χ1) is 16.0. The minimum absolute atomic E-state index is 0.132. The summed E-state index contributed by atoms with van der Waals surface area (Å²) in [7, 11) is 1.51. The van der Waals surface area contributed by atoms with Gasteiger partial charge in [0.2, 0.25) is 0 Å². The topological polar surface area (TPSA) is 119 Å². The van der Waals surface area contributed by atoms with Gasteiger partial charge in [-0.15, -0.1) is 0 Å². The lowest BCUT2D eigenvalue weighted by molar-refractivity contribution is -0.132. The summed E-state index contributed by atoms with van der Waals surface area (Å²) >= 11 is 0. The molecule has 1 atom stereocenters. The summed E-state index contributed by atoms with van der Waals surface area (Å²) in [6, 6.07) is 13.8. The van der Waals surface area contributed by atoms with Crippen LogP contribution in [-0.4, -0.2) is 41.5 Å². The van der Waals surface area contributed by atoms with Crippen molar-refractivity contribution >= 4 is 29.4 Å². The number of anilines is 1. The molecule has 0 aliphatic carbocycles. The van der Waals surface area contributed by atoms with Gasteiger partial charge in [-0.2, -0.15) is 4.98 Å². The van der Waals surface area contributed by atoms with Crippen LogP contribution in [0, 0.1) is 0 Å². The number of aliphatic hydroxyl groups excluding tert-OH is 1. The molecule has 2 aromatic carbocycles. The highest BCUT2D eigenvalue weighted by molar-refractivity contribution is 6.51. The van der Waals surface area contributed by atoms with Crippen LogP contribution < -0.4 is 9.64 Å². The Morgan fingerprint density at radius 1 is 1.12 bits per heavy atom. The zero-order valence-electron chi connectivity index (χ0n) is 17.8. The Hall–Kier alpha value is -4.40. The summed E-state index contributed by atoms with van der Waals surface area (Å²) in [6.07, 6.45) is 1.05. The molecule has 1 aliphatic heterocycles. The molecule has 0 radical (unpaired) electrons. The molecule has 1 amide bonds. The Labute approximate surface area is 188 Å². The lowest BCUT2D eigenvalue weighted by atomic mass is 9.95. The summed E-state index contributed by atoms with van der Waals surface area (Å²) in [4.78, 5) is 43.2. The van der Waals surface area contributed by atoms with E-state index in [1.54, 1.807) is 61.5 Å². The van der Waals surface area contributed by atoms with Crippen LogP contribution in [0.15, 0.2) is 70.9 Å². The van der Waals surface area contributed by atoms with Gasteiger partial charge in [0, 0.05) is 5.56 Å². The maximum atomic E-state index is 13.1. The molecule has 33 heavy (non-hydrogen) atoms. The average molecular weight is 448 g/mol. The largest absolute Gasteiger partial charge is 0.507 e. The van der Waals surface area contributed by atoms with Crippen molar-refractivity contribution in [1.82, 2.24) is 4.98 Å². The number of amides is 1. The summed E-state index contributed by atoms with van der Waals surface area (Å²) in [5.41, 5.74) is 0.597. The van der Waals surface area contributed by atoms with Crippen molar-refractivity contribution in [3.8, 4) is 5.75 Å². The molecule has 168 valence electrons. The number of oxazole rings is 1. The van der Waals surface area contributed by atoms with Crippen molar-refractivity contribution < 1.29 is 33.4 Å². The molecule has 0 saturated carbocycles. The number of ether oxygens (including phenoxy) is 2. The van der Waals surface area contributed by atoms with Gasteiger partial charge in [0.25, 0.3) is 5.78 Å². The average Bonchev–Trinajstić information content (AvgIpc) is 3.43. The van der Waals surface area contributed by atoms with Crippen LogP contribution in [0.5, 0.6) is 5.75 Å². The fourth-order valence-corrected chi connectivity index (χ4v) is 3.56. The van der Waals surface area contributed by atoms with Gasteiger partial charge in [-0.05, 0) is 36.8 Å². The number of aromatic nitrogens is 1. The van der Waals surface area contributed by atoms with Crippen molar-refractivity contribution in [3.63, 3.8) is 0 Å². The Kier molecular flexibility index (Phi) is 5.95. The number of hydrogen-bond acceptors (Lipinski definition) is 8. The third-order valence-corrected chi connectivity index (χ3v) is 5.11. The molecule has 1 unspecified atom stereocenters. The lowest BCUT2D eigenvalue weighted by Crippen LogP contribution is -2.29. The van der Waals surface area contributed by atoms with Crippen molar-refractivity contribution in [1.29, 1.82) is 0 Å². The van der Waals surface area contributed by atoms with Gasteiger partial charge >= 0.3 is 17.9 Å². The highest BCUT2D eigenvalue weighted by atomic mass is 16.5. The van der Waals surface area contributed by atoms with Crippen molar-refractivity contribution in [2.24, 2.45) is 0 Å². The molecule has 1 saturated heterocycles. The van der Waals surface area contributed by atoms with Gasteiger partial charge in [-0.3, -0.25) is 9.59 Å². The normalized spacial score (nSPS) is 17.3. The van der Waals surface area contributed by atoms with Gasteiger partial charge in [0.15, 0.2) is 5.69 Å². The van der Waals surface area contributed by atoms with E-state index in [4.69, 9.17) is 13.9 Å². The molecule has 0 bridgehead atoms. The predicted molar refractivity (Wildman–Crippen MR) is 117 cm³/mol. The Bertz CT molecular complexity index is 1230. The van der Waals surface area contributed by atoms with Crippen LogP contribution in [0.4, 0.5) is 6.01 Å². The number of carbonyl (C=O) groups is 3. The highest BCUT2D eigenvalue weighted by Gasteiger charge is 2.49. The molecule has 1 fully saturated rings. The van der Waals surface area contributed by atoms with Crippen LogP contribution in [-0.2, 0) is 14.3 Å². The van der Waals surface area contributed by atoms with Crippen LogP contribution >= 0.6 is 0 Å². The molecule has 1 aromatic heterocycles. The summed E-state index contributed by atoms with van der Waals surface area (Å²) < 4.78 is 15.4. The molecule has 9 nitrogen and oxygen atoms in total. The number of esters is 1. The van der Waals surface area contributed by atoms with Crippen molar-refractivity contribution in [2.75, 3.05) is 18.6 Å². The summed E-state index contributed by atoms with van der Waals surface area (Å²) in [5.74, 6) is -2.37. The molecule has 1 N–H and O–H groups in total. The molecule has 4 rings (SSSR count). The quantitative estimate of drug-likeness (QED) is 0.263. The third kappa shape index (κ3) is 3.96. The Balaban J connectivity index is 1.85. The molecule has 3 aromatic rings. The van der Waals surface area contributed by atoms with Crippen LogP contribution in [0.2, 0.25) is 0 Å². The number of ketones is 1. The van der Waals surface area contributed by atoms with E-state index in [2.05, 4.69) is 4.98 Å². The second-order valence-electron chi connectivity index (χ2n) is 7.04. The number of nitrogens with zero attached hydrogens (tertiary/aromatic N) is 2. The summed E-state index contributed by atoms with van der Waals surface area (Å²) in [6.45, 7) is 1.78. The molecule has 9 heteroatoms. The van der Waals surface area contributed by atoms with Gasteiger partial charge in [-0.1, -0.05) is 30.3 Å². The van der Waals surface area contributed by atoms with Crippen LogP contribution in [0.1, 0.15) is 34.6 Å². The molecule has 2 heterocycles. The third-order valence-electron chi connectivity index (χ3n) is 5.11.